The number of aromatic amines is 1. The van der Waals surface area contributed by atoms with Gasteiger partial charge in [-0.1, -0.05) is 18.2 Å². The second-order valence-electron chi connectivity index (χ2n) is 6.35. The zero-order valence-electron chi connectivity index (χ0n) is 13.7. The number of H-pyrrole nitrogens is 1. The number of nitrogens with zero attached hydrogens (tertiary/aromatic N) is 2. The van der Waals surface area contributed by atoms with Crippen LogP contribution in [0.4, 0.5) is 0 Å². The summed E-state index contributed by atoms with van der Waals surface area (Å²) in [6.07, 6.45) is 0. The second-order valence-corrected chi connectivity index (χ2v) is 6.35. The van der Waals surface area contributed by atoms with Gasteiger partial charge in [-0.2, -0.15) is 0 Å². The molecule has 5 nitrogen and oxygen atoms in total. The molecule has 0 saturated heterocycles. The lowest BCUT2D eigenvalue weighted by atomic mass is 10.1. The number of rotatable bonds is 3. The molecule has 1 amide bonds. The highest BCUT2D eigenvalue weighted by Crippen LogP contribution is 2.23. The summed E-state index contributed by atoms with van der Waals surface area (Å²) in [7, 11) is 3.85. The smallest absolute Gasteiger partial charge is 0.270 e. The fourth-order valence-electron chi connectivity index (χ4n) is 3.06. The van der Waals surface area contributed by atoms with Gasteiger partial charge in [0.15, 0.2) is 5.43 Å². The van der Waals surface area contributed by atoms with E-state index in [1.165, 1.54) is 23.3 Å². The minimum atomic E-state index is -0.177. The van der Waals surface area contributed by atoms with Gasteiger partial charge in [-0.15, -0.1) is 0 Å². The number of aryl methyl sites for hydroxylation is 1. The van der Waals surface area contributed by atoms with Crippen molar-refractivity contribution in [2.75, 3.05) is 14.1 Å². The van der Waals surface area contributed by atoms with Crippen molar-refractivity contribution in [3.8, 4) is 0 Å². The third-order valence-corrected chi connectivity index (χ3v) is 4.13. The molecule has 5 heteroatoms. The quantitative estimate of drug-likeness (QED) is 0.942. The highest BCUT2D eigenvalue weighted by Gasteiger charge is 2.17. The molecule has 0 aliphatic carbocycles. The minimum absolute atomic E-state index is 0.154. The molecule has 0 bridgehead atoms. The van der Waals surface area contributed by atoms with Crippen molar-refractivity contribution in [2.45, 2.75) is 26.6 Å². The molecule has 1 aromatic carbocycles. The molecular weight excluding hydrogens is 290 g/mol. The molecule has 2 aromatic rings. The van der Waals surface area contributed by atoms with E-state index in [1.54, 1.807) is 18.9 Å². The van der Waals surface area contributed by atoms with Crippen LogP contribution in [0, 0.1) is 6.92 Å². The molecule has 0 unspecified atom stereocenters. The molecule has 0 atom stereocenters. The number of pyridine rings is 1. The van der Waals surface area contributed by atoms with Gasteiger partial charge < -0.3 is 9.88 Å². The molecule has 1 aliphatic rings. The van der Waals surface area contributed by atoms with Gasteiger partial charge in [0.05, 0.1) is 0 Å². The van der Waals surface area contributed by atoms with Crippen molar-refractivity contribution < 1.29 is 4.79 Å². The fraction of sp³-hybridized carbons (Fsp3) is 0.333. The van der Waals surface area contributed by atoms with Gasteiger partial charge >= 0.3 is 0 Å². The Kier molecular flexibility index (Phi) is 4.05. The van der Waals surface area contributed by atoms with E-state index in [4.69, 9.17) is 0 Å². The number of hydrogen-bond acceptors (Lipinski definition) is 3. The van der Waals surface area contributed by atoms with Gasteiger partial charge in [-0.05, 0) is 30.7 Å². The van der Waals surface area contributed by atoms with Gasteiger partial charge in [-0.25, -0.2) is 0 Å². The zero-order valence-corrected chi connectivity index (χ0v) is 13.7. The van der Waals surface area contributed by atoms with Crippen LogP contribution in [0.3, 0.4) is 0 Å². The zero-order chi connectivity index (χ0) is 16.6. The number of amides is 1. The Morgan fingerprint density at radius 3 is 2.70 bits per heavy atom. The molecule has 0 fully saturated rings. The Balaban J connectivity index is 1.76. The standard InChI is InChI=1S/C18H21N3O2/c1-12-6-16(22)8-17(19-12)18(23)21(3)9-13-4-5-14-10-20(2)11-15(14)7-13/h4-8H,9-11H2,1-3H3,(H,19,22). The minimum Gasteiger partial charge on any atom is -0.354 e. The fourth-order valence-corrected chi connectivity index (χ4v) is 3.06. The van der Waals surface area contributed by atoms with Crippen molar-refractivity contribution in [3.05, 3.63) is 68.6 Å². The van der Waals surface area contributed by atoms with Crippen molar-refractivity contribution in [1.82, 2.24) is 14.8 Å². The first-order valence-electron chi connectivity index (χ1n) is 7.68. The number of hydrogen-bond donors (Lipinski definition) is 1. The molecule has 3 rings (SSSR count). The van der Waals surface area contributed by atoms with E-state index in [9.17, 15) is 9.59 Å². The van der Waals surface area contributed by atoms with E-state index < -0.39 is 0 Å². The van der Waals surface area contributed by atoms with Crippen LogP contribution in [0.2, 0.25) is 0 Å². The van der Waals surface area contributed by atoms with E-state index in [1.807, 2.05) is 0 Å². The molecule has 120 valence electrons. The summed E-state index contributed by atoms with van der Waals surface area (Å²) in [6, 6.07) is 9.21. The van der Waals surface area contributed by atoms with Gasteiger partial charge in [0.1, 0.15) is 5.69 Å². The average Bonchev–Trinajstić information content (AvgIpc) is 2.84. The highest BCUT2D eigenvalue weighted by atomic mass is 16.2. The second kappa shape index (κ2) is 6.01. The maximum atomic E-state index is 12.5. The van der Waals surface area contributed by atoms with Gasteiger partial charge in [-0.3, -0.25) is 14.5 Å². The summed E-state index contributed by atoms with van der Waals surface area (Å²) >= 11 is 0. The van der Waals surface area contributed by atoms with Crippen molar-refractivity contribution in [3.63, 3.8) is 0 Å². The molecule has 1 aromatic heterocycles. The average molecular weight is 311 g/mol. The predicted octanol–water partition coefficient (Wildman–Crippen LogP) is 1.90. The number of fused-ring (bicyclic) bond motifs is 1. The van der Waals surface area contributed by atoms with Crippen LogP contribution >= 0.6 is 0 Å². The molecule has 1 aliphatic heterocycles. The number of carbonyl (C=O) groups is 1. The van der Waals surface area contributed by atoms with Crippen LogP contribution < -0.4 is 5.43 Å². The van der Waals surface area contributed by atoms with Crippen LogP contribution in [-0.2, 0) is 19.6 Å². The summed E-state index contributed by atoms with van der Waals surface area (Å²) in [5, 5.41) is 0. The van der Waals surface area contributed by atoms with E-state index >= 15 is 0 Å². The monoisotopic (exact) mass is 311 g/mol. The van der Waals surface area contributed by atoms with Gasteiger partial charge in [0, 0.05) is 44.5 Å². The van der Waals surface area contributed by atoms with Crippen molar-refractivity contribution in [1.29, 1.82) is 0 Å². The Labute approximate surface area is 135 Å². The van der Waals surface area contributed by atoms with Gasteiger partial charge in [0.2, 0.25) is 0 Å². The largest absolute Gasteiger partial charge is 0.354 e. The van der Waals surface area contributed by atoms with Crippen LogP contribution in [0.1, 0.15) is 32.9 Å². The Hall–Kier alpha value is -2.40. The van der Waals surface area contributed by atoms with Crippen LogP contribution in [-0.4, -0.2) is 34.8 Å². The summed E-state index contributed by atoms with van der Waals surface area (Å²) in [5.41, 5.74) is 4.65. The molecule has 2 heterocycles. The normalized spacial score (nSPS) is 13.9. The lowest BCUT2D eigenvalue weighted by Gasteiger charge is -2.18. The Morgan fingerprint density at radius 1 is 1.22 bits per heavy atom. The Morgan fingerprint density at radius 2 is 1.96 bits per heavy atom. The number of carbonyl (C=O) groups excluding carboxylic acids is 1. The summed E-state index contributed by atoms with van der Waals surface area (Å²) < 4.78 is 0. The molecule has 0 saturated carbocycles. The van der Waals surface area contributed by atoms with Crippen molar-refractivity contribution >= 4 is 5.91 Å². The first-order valence-corrected chi connectivity index (χ1v) is 7.68. The highest BCUT2D eigenvalue weighted by molar-refractivity contribution is 5.92. The lowest BCUT2D eigenvalue weighted by molar-refractivity contribution is 0.0779. The third-order valence-electron chi connectivity index (χ3n) is 4.13. The van der Waals surface area contributed by atoms with Gasteiger partial charge in [0.25, 0.3) is 5.91 Å². The van der Waals surface area contributed by atoms with Crippen LogP contribution in [0.25, 0.3) is 0 Å². The van der Waals surface area contributed by atoms with E-state index in [2.05, 4.69) is 35.1 Å². The number of benzene rings is 1. The Bertz CT molecular complexity index is 810. The van der Waals surface area contributed by atoms with Crippen molar-refractivity contribution in [2.24, 2.45) is 0 Å². The third kappa shape index (κ3) is 3.35. The molecule has 23 heavy (non-hydrogen) atoms. The SMILES string of the molecule is Cc1cc(=O)cc(C(=O)N(C)Cc2ccc3c(c2)CN(C)C3)[nH]1. The van der Waals surface area contributed by atoms with E-state index in [-0.39, 0.29) is 11.3 Å². The van der Waals surface area contributed by atoms with E-state index in [0.29, 0.717) is 17.9 Å². The first-order chi connectivity index (χ1) is 10.9. The maximum Gasteiger partial charge on any atom is 0.270 e. The molecular formula is C18H21N3O2. The first kappa shape index (κ1) is 15.5. The lowest BCUT2D eigenvalue weighted by Crippen LogP contribution is -2.28. The topological polar surface area (TPSA) is 56.4 Å². The molecule has 0 spiro atoms. The predicted molar refractivity (Wildman–Crippen MR) is 89.2 cm³/mol. The summed E-state index contributed by atoms with van der Waals surface area (Å²) in [6.45, 7) is 4.22. The maximum absolute atomic E-state index is 12.5. The molecule has 1 N–H and O–H groups in total. The van der Waals surface area contributed by atoms with Crippen LogP contribution in [0.15, 0.2) is 35.1 Å². The van der Waals surface area contributed by atoms with E-state index in [0.717, 1.165) is 18.7 Å². The molecule has 0 radical (unpaired) electrons. The summed E-state index contributed by atoms with van der Waals surface area (Å²) in [4.78, 5) is 30.9. The number of aromatic nitrogens is 1. The summed E-state index contributed by atoms with van der Waals surface area (Å²) in [5.74, 6) is -0.177. The number of nitrogens with one attached hydrogen (secondary N) is 1. The van der Waals surface area contributed by atoms with Crippen LogP contribution in [0.5, 0.6) is 0 Å².